The van der Waals surface area contributed by atoms with Gasteiger partial charge < -0.3 is 15.2 Å². The van der Waals surface area contributed by atoms with Crippen LogP contribution in [-0.2, 0) is 6.42 Å². The fourth-order valence-electron chi connectivity index (χ4n) is 2.54. The molecule has 2 N–H and O–H groups in total. The van der Waals surface area contributed by atoms with E-state index in [9.17, 15) is 8.78 Å². The Labute approximate surface area is 121 Å². The van der Waals surface area contributed by atoms with Gasteiger partial charge in [0.05, 0.1) is 19.8 Å². The molecule has 0 spiro atoms. The Morgan fingerprint density at radius 2 is 1.90 bits per heavy atom. The molecule has 3 rings (SSSR count). The van der Waals surface area contributed by atoms with E-state index in [1.165, 1.54) is 7.11 Å². The molecule has 0 amide bonds. The van der Waals surface area contributed by atoms with Gasteiger partial charge in [0.15, 0.2) is 0 Å². The third kappa shape index (κ3) is 2.45. The summed E-state index contributed by atoms with van der Waals surface area (Å²) in [7, 11) is 1.36. The Bertz CT molecular complexity index is 665. The van der Waals surface area contributed by atoms with E-state index in [1.54, 1.807) is 12.1 Å². The molecule has 0 fully saturated rings. The monoisotopic (exact) mass is 291 g/mol. The van der Waals surface area contributed by atoms with Crippen molar-refractivity contribution in [2.75, 3.05) is 13.7 Å². The van der Waals surface area contributed by atoms with Gasteiger partial charge in [0.1, 0.15) is 23.1 Å². The Morgan fingerprint density at radius 1 is 1.19 bits per heavy atom. The summed E-state index contributed by atoms with van der Waals surface area (Å²) in [6, 6.07) is 6.76. The number of methoxy groups -OCH3 is 1. The zero-order valence-electron chi connectivity index (χ0n) is 11.5. The van der Waals surface area contributed by atoms with Gasteiger partial charge in [-0.25, -0.2) is 8.78 Å². The van der Waals surface area contributed by atoms with Crippen molar-refractivity contribution in [3.63, 3.8) is 0 Å². The SMILES string of the molecule is COc1cc(F)c(C(N)c2ccc3c(c2)CCO3)c(F)c1. The molecule has 2 aromatic carbocycles. The third-order valence-electron chi connectivity index (χ3n) is 3.67. The average Bonchev–Trinajstić information content (AvgIpc) is 2.93. The summed E-state index contributed by atoms with van der Waals surface area (Å²) in [6.45, 7) is 0.624. The average molecular weight is 291 g/mol. The van der Waals surface area contributed by atoms with Crippen LogP contribution in [0.5, 0.6) is 11.5 Å². The van der Waals surface area contributed by atoms with Crippen LogP contribution < -0.4 is 15.2 Å². The van der Waals surface area contributed by atoms with Crippen molar-refractivity contribution in [2.45, 2.75) is 12.5 Å². The van der Waals surface area contributed by atoms with Crippen molar-refractivity contribution in [1.82, 2.24) is 0 Å². The van der Waals surface area contributed by atoms with Gasteiger partial charge >= 0.3 is 0 Å². The maximum atomic E-state index is 14.1. The maximum absolute atomic E-state index is 14.1. The molecule has 2 aromatic rings. The standard InChI is InChI=1S/C16H15F2NO2/c1-20-11-7-12(17)15(13(18)8-11)16(19)10-2-3-14-9(6-10)4-5-21-14/h2-3,6-8,16H,4-5,19H2,1H3. The highest BCUT2D eigenvalue weighted by Crippen LogP contribution is 2.32. The Hall–Kier alpha value is -2.14. The van der Waals surface area contributed by atoms with Crippen LogP contribution in [0.25, 0.3) is 0 Å². The molecule has 0 saturated heterocycles. The summed E-state index contributed by atoms with van der Waals surface area (Å²) < 4.78 is 38.4. The van der Waals surface area contributed by atoms with Gasteiger partial charge in [-0.3, -0.25) is 0 Å². The number of rotatable bonds is 3. The van der Waals surface area contributed by atoms with E-state index in [4.69, 9.17) is 15.2 Å². The van der Waals surface area contributed by atoms with E-state index >= 15 is 0 Å². The molecule has 5 heteroatoms. The first kappa shape index (κ1) is 13.8. The Kier molecular flexibility index (Phi) is 3.51. The smallest absolute Gasteiger partial charge is 0.134 e. The molecule has 0 bridgehead atoms. The zero-order valence-corrected chi connectivity index (χ0v) is 11.5. The van der Waals surface area contributed by atoms with E-state index in [0.717, 1.165) is 29.9 Å². The summed E-state index contributed by atoms with van der Waals surface area (Å²) in [5.74, 6) is -0.489. The molecule has 0 aromatic heterocycles. The minimum absolute atomic E-state index is 0.128. The van der Waals surface area contributed by atoms with Gasteiger partial charge in [-0.05, 0) is 17.2 Å². The fourth-order valence-corrected chi connectivity index (χ4v) is 2.54. The number of ether oxygens (including phenoxy) is 2. The van der Waals surface area contributed by atoms with Crippen LogP contribution in [0, 0.1) is 11.6 Å². The number of benzene rings is 2. The lowest BCUT2D eigenvalue weighted by Crippen LogP contribution is -2.16. The quantitative estimate of drug-likeness (QED) is 0.945. The summed E-state index contributed by atoms with van der Waals surface area (Å²) in [5, 5.41) is 0. The number of fused-ring (bicyclic) bond motifs is 1. The number of hydrogen-bond acceptors (Lipinski definition) is 3. The normalized spacial score (nSPS) is 14.5. The largest absolute Gasteiger partial charge is 0.497 e. The molecular weight excluding hydrogens is 276 g/mol. The lowest BCUT2D eigenvalue weighted by Gasteiger charge is -2.16. The van der Waals surface area contributed by atoms with Gasteiger partial charge in [0.2, 0.25) is 0 Å². The molecule has 1 heterocycles. The van der Waals surface area contributed by atoms with Crippen molar-refractivity contribution >= 4 is 0 Å². The van der Waals surface area contributed by atoms with Crippen LogP contribution in [0.2, 0.25) is 0 Å². The lowest BCUT2D eigenvalue weighted by atomic mass is 9.96. The number of halogens is 2. The minimum atomic E-state index is -0.873. The predicted molar refractivity (Wildman–Crippen MR) is 74.6 cm³/mol. The highest BCUT2D eigenvalue weighted by Gasteiger charge is 2.22. The molecule has 21 heavy (non-hydrogen) atoms. The Morgan fingerprint density at radius 3 is 2.57 bits per heavy atom. The second kappa shape index (κ2) is 5.33. The van der Waals surface area contributed by atoms with Crippen LogP contribution in [0.1, 0.15) is 22.7 Å². The van der Waals surface area contributed by atoms with Crippen LogP contribution in [0.3, 0.4) is 0 Å². The first-order valence-electron chi connectivity index (χ1n) is 6.64. The van der Waals surface area contributed by atoms with Crippen molar-refractivity contribution < 1.29 is 18.3 Å². The van der Waals surface area contributed by atoms with Crippen LogP contribution >= 0.6 is 0 Å². The second-order valence-electron chi connectivity index (χ2n) is 4.95. The number of nitrogens with two attached hydrogens (primary N) is 1. The molecule has 1 unspecified atom stereocenters. The molecule has 1 atom stereocenters. The minimum Gasteiger partial charge on any atom is -0.497 e. The fraction of sp³-hybridized carbons (Fsp3) is 0.250. The van der Waals surface area contributed by atoms with Gasteiger partial charge in [0, 0.05) is 24.1 Å². The van der Waals surface area contributed by atoms with Crippen molar-refractivity contribution in [2.24, 2.45) is 5.73 Å². The second-order valence-corrected chi connectivity index (χ2v) is 4.95. The molecule has 0 radical (unpaired) electrons. The van der Waals surface area contributed by atoms with Crippen LogP contribution in [0.4, 0.5) is 8.78 Å². The summed E-state index contributed by atoms with van der Waals surface area (Å²) in [6.07, 6.45) is 0.781. The predicted octanol–water partition coefficient (Wildman–Crippen LogP) is 2.96. The van der Waals surface area contributed by atoms with E-state index in [1.807, 2.05) is 6.07 Å². The topological polar surface area (TPSA) is 44.5 Å². The first-order valence-corrected chi connectivity index (χ1v) is 6.64. The molecule has 1 aliphatic heterocycles. The van der Waals surface area contributed by atoms with Crippen molar-refractivity contribution in [3.8, 4) is 11.5 Å². The highest BCUT2D eigenvalue weighted by atomic mass is 19.1. The molecule has 0 saturated carbocycles. The molecule has 110 valence electrons. The maximum Gasteiger partial charge on any atom is 0.134 e. The van der Waals surface area contributed by atoms with E-state index in [0.29, 0.717) is 12.2 Å². The third-order valence-corrected chi connectivity index (χ3v) is 3.67. The highest BCUT2D eigenvalue weighted by molar-refractivity contribution is 5.44. The molecule has 1 aliphatic rings. The lowest BCUT2D eigenvalue weighted by molar-refractivity contribution is 0.357. The number of hydrogen-bond donors (Lipinski definition) is 1. The molecule has 3 nitrogen and oxygen atoms in total. The molecule has 0 aliphatic carbocycles. The van der Waals surface area contributed by atoms with Gasteiger partial charge in [0.25, 0.3) is 0 Å². The van der Waals surface area contributed by atoms with Gasteiger partial charge in [-0.15, -0.1) is 0 Å². The zero-order chi connectivity index (χ0) is 15.0. The van der Waals surface area contributed by atoms with Crippen LogP contribution in [0.15, 0.2) is 30.3 Å². The van der Waals surface area contributed by atoms with Gasteiger partial charge in [-0.1, -0.05) is 12.1 Å². The van der Waals surface area contributed by atoms with Gasteiger partial charge in [-0.2, -0.15) is 0 Å². The summed E-state index contributed by atoms with van der Waals surface area (Å²) in [5.41, 5.74) is 7.55. The summed E-state index contributed by atoms with van der Waals surface area (Å²) >= 11 is 0. The first-order chi connectivity index (χ1) is 10.1. The van der Waals surface area contributed by atoms with Crippen molar-refractivity contribution in [3.05, 3.63) is 58.7 Å². The van der Waals surface area contributed by atoms with E-state index < -0.39 is 17.7 Å². The van der Waals surface area contributed by atoms with Crippen LogP contribution in [-0.4, -0.2) is 13.7 Å². The molecular formula is C16H15F2NO2. The summed E-state index contributed by atoms with van der Waals surface area (Å²) in [4.78, 5) is 0. The van der Waals surface area contributed by atoms with Crippen molar-refractivity contribution in [1.29, 1.82) is 0 Å². The van der Waals surface area contributed by atoms with E-state index in [-0.39, 0.29) is 11.3 Å². The van der Waals surface area contributed by atoms with E-state index in [2.05, 4.69) is 0 Å². The Balaban J connectivity index is 2.00.